The zero-order valence-corrected chi connectivity index (χ0v) is 18.4. The standard InChI is InChI=1S/C23H29N3O2S/c1-6-10-26(14-23(5,28)7-2)12-19-24-21(27)20-18(13-29-22(20)25-19)17-9-8-15(3)11-16(17)4/h7-9,11,13,28H,2,6,10,12,14H2,1,3-5H3,(H,24,25,27)/t23-/m1/s1. The van der Waals surface area contributed by atoms with Crippen LogP contribution in [-0.4, -0.2) is 38.7 Å². The van der Waals surface area contributed by atoms with Crippen molar-refractivity contribution in [1.82, 2.24) is 14.9 Å². The third kappa shape index (κ3) is 4.83. The first-order valence-electron chi connectivity index (χ1n) is 9.90. The Hall–Kier alpha value is -2.28. The maximum atomic E-state index is 12.9. The Morgan fingerprint density at radius 1 is 1.34 bits per heavy atom. The molecule has 0 unspecified atom stereocenters. The average Bonchev–Trinajstić information content (AvgIpc) is 3.06. The minimum atomic E-state index is -0.987. The zero-order chi connectivity index (χ0) is 21.2. The number of aromatic nitrogens is 2. The van der Waals surface area contributed by atoms with Crippen LogP contribution in [0.3, 0.4) is 0 Å². The number of aryl methyl sites for hydroxylation is 2. The number of benzene rings is 1. The van der Waals surface area contributed by atoms with Gasteiger partial charge >= 0.3 is 0 Å². The van der Waals surface area contributed by atoms with E-state index < -0.39 is 5.60 Å². The molecule has 0 fully saturated rings. The molecule has 0 aliphatic rings. The lowest BCUT2D eigenvalue weighted by Crippen LogP contribution is -2.40. The average molecular weight is 412 g/mol. The molecular weight excluding hydrogens is 382 g/mol. The summed E-state index contributed by atoms with van der Waals surface area (Å²) >= 11 is 1.49. The van der Waals surface area contributed by atoms with Crippen molar-refractivity contribution in [3.8, 4) is 11.1 Å². The molecule has 6 heteroatoms. The molecule has 0 aliphatic carbocycles. The summed E-state index contributed by atoms with van der Waals surface area (Å²) in [6.07, 6.45) is 2.49. The van der Waals surface area contributed by atoms with Crippen molar-refractivity contribution in [2.45, 2.75) is 46.3 Å². The second kappa shape index (κ2) is 8.61. The van der Waals surface area contributed by atoms with Gasteiger partial charge in [0.05, 0.1) is 17.5 Å². The van der Waals surface area contributed by atoms with Gasteiger partial charge in [-0.15, -0.1) is 17.9 Å². The van der Waals surface area contributed by atoms with Crippen LogP contribution >= 0.6 is 11.3 Å². The molecule has 0 spiro atoms. The molecule has 3 rings (SSSR count). The van der Waals surface area contributed by atoms with Gasteiger partial charge in [-0.2, -0.15) is 0 Å². The third-order valence-corrected chi connectivity index (χ3v) is 5.93. The molecule has 0 amide bonds. The summed E-state index contributed by atoms with van der Waals surface area (Å²) in [5.41, 5.74) is 3.24. The van der Waals surface area contributed by atoms with E-state index in [-0.39, 0.29) is 5.56 Å². The minimum Gasteiger partial charge on any atom is -0.385 e. The van der Waals surface area contributed by atoms with Gasteiger partial charge in [-0.25, -0.2) is 4.98 Å². The van der Waals surface area contributed by atoms with Crippen molar-refractivity contribution in [2.24, 2.45) is 0 Å². The molecule has 0 bridgehead atoms. The topological polar surface area (TPSA) is 69.2 Å². The fraction of sp³-hybridized carbons (Fsp3) is 0.391. The van der Waals surface area contributed by atoms with Gasteiger partial charge in [0.2, 0.25) is 0 Å². The van der Waals surface area contributed by atoms with Gasteiger partial charge in [-0.05, 0) is 44.9 Å². The normalized spacial score (nSPS) is 13.7. The summed E-state index contributed by atoms with van der Waals surface area (Å²) < 4.78 is 0. The molecule has 0 saturated carbocycles. The van der Waals surface area contributed by atoms with Crippen molar-refractivity contribution in [1.29, 1.82) is 0 Å². The SMILES string of the molecule is C=C[C@@](C)(O)CN(CCC)Cc1nc2scc(-c3ccc(C)cc3C)c2c(=O)[nH]1. The van der Waals surface area contributed by atoms with Crippen LogP contribution in [0.2, 0.25) is 0 Å². The van der Waals surface area contributed by atoms with Crippen LogP contribution in [0.25, 0.3) is 21.3 Å². The van der Waals surface area contributed by atoms with E-state index in [9.17, 15) is 9.90 Å². The first kappa shape index (κ1) is 21.4. The lowest BCUT2D eigenvalue weighted by molar-refractivity contribution is 0.0578. The van der Waals surface area contributed by atoms with Crippen molar-refractivity contribution in [2.75, 3.05) is 13.1 Å². The van der Waals surface area contributed by atoms with E-state index in [2.05, 4.69) is 55.4 Å². The number of fused-ring (bicyclic) bond motifs is 1. The van der Waals surface area contributed by atoms with E-state index in [1.54, 1.807) is 13.0 Å². The molecule has 3 aromatic rings. The van der Waals surface area contributed by atoms with Crippen LogP contribution in [0.1, 0.15) is 37.2 Å². The number of hydrogen-bond acceptors (Lipinski definition) is 5. The Kier molecular flexibility index (Phi) is 6.36. The molecule has 2 aromatic heterocycles. The number of aromatic amines is 1. The summed E-state index contributed by atoms with van der Waals surface area (Å²) in [5, 5.41) is 13.0. The van der Waals surface area contributed by atoms with Crippen LogP contribution in [0.5, 0.6) is 0 Å². The van der Waals surface area contributed by atoms with E-state index in [4.69, 9.17) is 4.98 Å². The summed E-state index contributed by atoms with van der Waals surface area (Å²) in [6.45, 7) is 13.4. The lowest BCUT2D eigenvalue weighted by Gasteiger charge is -2.28. The monoisotopic (exact) mass is 411 g/mol. The lowest BCUT2D eigenvalue weighted by atomic mass is 9.99. The predicted octanol–water partition coefficient (Wildman–Crippen LogP) is 4.42. The highest BCUT2D eigenvalue weighted by Crippen LogP contribution is 2.33. The van der Waals surface area contributed by atoms with Crippen LogP contribution in [0.4, 0.5) is 0 Å². The first-order valence-corrected chi connectivity index (χ1v) is 10.8. The van der Waals surface area contributed by atoms with Gasteiger partial charge in [0.25, 0.3) is 5.56 Å². The maximum absolute atomic E-state index is 12.9. The van der Waals surface area contributed by atoms with Crippen molar-refractivity contribution >= 4 is 21.6 Å². The number of aliphatic hydroxyl groups is 1. The molecule has 1 atom stereocenters. The smallest absolute Gasteiger partial charge is 0.260 e. The summed E-state index contributed by atoms with van der Waals surface area (Å²) in [5.74, 6) is 0.616. The van der Waals surface area contributed by atoms with Gasteiger partial charge in [0.15, 0.2) is 0 Å². The Balaban J connectivity index is 1.96. The second-order valence-electron chi connectivity index (χ2n) is 7.93. The van der Waals surface area contributed by atoms with Gasteiger partial charge < -0.3 is 10.1 Å². The van der Waals surface area contributed by atoms with Crippen molar-refractivity contribution in [3.63, 3.8) is 0 Å². The van der Waals surface area contributed by atoms with E-state index >= 15 is 0 Å². The van der Waals surface area contributed by atoms with Crippen molar-refractivity contribution < 1.29 is 5.11 Å². The van der Waals surface area contributed by atoms with Gasteiger partial charge in [0.1, 0.15) is 10.7 Å². The summed E-state index contributed by atoms with van der Waals surface area (Å²) in [7, 11) is 0. The highest BCUT2D eigenvalue weighted by molar-refractivity contribution is 7.17. The molecular formula is C23H29N3O2S. The summed E-state index contributed by atoms with van der Waals surface area (Å²) in [6, 6.07) is 6.26. The molecule has 5 nitrogen and oxygen atoms in total. The number of H-pyrrole nitrogens is 1. The van der Waals surface area contributed by atoms with Crippen LogP contribution in [0.15, 0.2) is 41.0 Å². The van der Waals surface area contributed by atoms with Gasteiger partial charge in [-0.3, -0.25) is 9.69 Å². The highest BCUT2D eigenvalue weighted by atomic mass is 32.1. The molecule has 0 radical (unpaired) electrons. The number of thiophene rings is 1. The van der Waals surface area contributed by atoms with Crippen LogP contribution in [-0.2, 0) is 6.54 Å². The molecule has 29 heavy (non-hydrogen) atoms. The fourth-order valence-corrected chi connectivity index (χ4v) is 4.60. The number of rotatable bonds is 8. The summed E-state index contributed by atoms with van der Waals surface area (Å²) in [4.78, 5) is 23.5. The van der Waals surface area contributed by atoms with Crippen LogP contribution in [0, 0.1) is 13.8 Å². The molecule has 2 heterocycles. The number of nitrogens with zero attached hydrogens (tertiary/aromatic N) is 2. The second-order valence-corrected chi connectivity index (χ2v) is 8.79. The maximum Gasteiger partial charge on any atom is 0.260 e. The Labute approximate surface area is 175 Å². The molecule has 2 N–H and O–H groups in total. The van der Waals surface area contributed by atoms with E-state index in [1.807, 2.05) is 5.38 Å². The Morgan fingerprint density at radius 3 is 2.76 bits per heavy atom. The minimum absolute atomic E-state index is 0.117. The quantitative estimate of drug-likeness (QED) is 0.539. The molecule has 0 saturated heterocycles. The third-order valence-electron chi connectivity index (χ3n) is 5.06. The number of hydrogen-bond donors (Lipinski definition) is 2. The van der Waals surface area contributed by atoms with Crippen LogP contribution < -0.4 is 5.56 Å². The molecule has 154 valence electrons. The molecule has 1 aromatic carbocycles. The zero-order valence-electron chi connectivity index (χ0n) is 17.6. The largest absolute Gasteiger partial charge is 0.385 e. The highest BCUT2D eigenvalue weighted by Gasteiger charge is 2.21. The Bertz CT molecular complexity index is 1080. The first-order chi connectivity index (χ1) is 13.7. The number of nitrogens with one attached hydrogen (secondary N) is 1. The Morgan fingerprint density at radius 2 is 2.10 bits per heavy atom. The van der Waals surface area contributed by atoms with Crippen molar-refractivity contribution in [3.05, 3.63) is 63.5 Å². The molecule has 0 aliphatic heterocycles. The van der Waals surface area contributed by atoms with Gasteiger partial charge in [0, 0.05) is 17.5 Å². The predicted molar refractivity (Wildman–Crippen MR) is 122 cm³/mol. The van der Waals surface area contributed by atoms with E-state index in [0.717, 1.165) is 34.5 Å². The van der Waals surface area contributed by atoms with Gasteiger partial charge in [-0.1, -0.05) is 36.8 Å². The fourth-order valence-electron chi connectivity index (χ4n) is 3.64. The van der Waals surface area contributed by atoms with E-state index in [0.29, 0.717) is 24.3 Å². The van der Waals surface area contributed by atoms with E-state index in [1.165, 1.54) is 16.9 Å².